The Labute approximate surface area is 209 Å². The largest absolute Gasteiger partial charge is 0.472 e. The lowest BCUT2D eigenvalue weighted by atomic mass is 10.2. The van der Waals surface area contributed by atoms with Crippen molar-refractivity contribution in [2.45, 2.75) is 16.8 Å². The predicted molar refractivity (Wildman–Crippen MR) is 134 cm³/mol. The van der Waals surface area contributed by atoms with Crippen LogP contribution in [0.3, 0.4) is 0 Å². The first-order valence-corrected chi connectivity index (χ1v) is 14.4. The van der Waals surface area contributed by atoms with Gasteiger partial charge in [0.05, 0.1) is 26.5 Å². The number of anilines is 2. The summed E-state index contributed by atoms with van der Waals surface area (Å²) in [6, 6.07) is 15.6. The number of nitrogens with one attached hydrogen (secondary N) is 2. The summed E-state index contributed by atoms with van der Waals surface area (Å²) in [4.78, 5) is 4.07. The van der Waals surface area contributed by atoms with Gasteiger partial charge in [-0.05, 0) is 48.0 Å². The van der Waals surface area contributed by atoms with Crippen molar-refractivity contribution in [3.05, 3.63) is 75.7 Å². The first kappa shape index (κ1) is 23.2. The van der Waals surface area contributed by atoms with E-state index < -0.39 is 25.5 Å². The van der Waals surface area contributed by atoms with Crippen LogP contribution in [0.15, 0.2) is 65.6 Å². The number of hydrogen-bond acceptors (Lipinski definition) is 7. The van der Waals surface area contributed by atoms with Crippen LogP contribution < -0.4 is 14.2 Å². The molecule has 13 heteroatoms. The molecule has 0 saturated heterocycles. The van der Waals surface area contributed by atoms with Crippen LogP contribution in [0.1, 0.15) is 5.56 Å². The highest BCUT2D eigenvalue weighted by molar-refractivity contribution is 7.93. The molecule has 2 heterocycles. The molecule has 0 spiro atoms. The van der Waals surface area contributed by atoms with Crippen molar-refractivity contribution in [3.8, 4) is 5.75 Å². The summed E-state index contributed by atoms with van der Waals surface area (Å²) < 4.78 is 63.6. The fourth-order valence-electron chi connectivity index (χ4n) is 3.48. The number of thiazole rings is 1. The zero-order valence-electron chi connectivity index (χ0n) is 17.0. The van der Waals surface area contributed by atoms with E-state index in [-0.39, 0.29) is 27.7 Å². The molecule has 34 heavy (non-hydrogen) atoms. The number of sulfonamides is 2. The van der Waals surface area contributed by atoms with E-state index in [1.54, 1.807) is 30.3 Å². The van der Waals surface area contributed by atoms with Crippen molar-refractivity contribution in [1.82, 2.24) is 4.98 Å². The highest BCUT2D eigenvalue weighted by Crippen LogP contribution is 2.34. The molecule has 1 aliphatic rings. The maximum absolute atomic E-state index is 13.1. The number of halogens is 2. The quantitative estimate of drug-likeness (QED) is 0.341. The summed E-state index contributed by atoms with van der Waals surface area (Å²) in [6.45, 7) is 0. The Hall–Kier alpha value is -2.57. The third kappa shape index (κ3) is 4.53. The molecule has 2 N–H and O–H groups in total. The van der Waals surface area contributed by atoms with E-state index in [2.05, 4.69) is 14.4 Å². The average Bonchev–Trinajstić information content (AvgIpc) is 3.38. The van der Waals surface area contributed by atoms with Gasteiger partial charge in [0.15, 0.2) is 4.47 Å². The van der Waals surface area contributed by atoms with Gasteiger partial charge in [0.1, 0.15) is 5.75 Å². The molecule has 0 aliphatic carbocycles. The minimum atomic E-state index is -4.07. The summed E-state index contributed by atoms with van der Waals surface area (Å²) >= 11 is 13.1. The number of hydrogen-bond donors (Lipinski definition) is 2. The topological polar surface area (TPSA) is 114 Å². The van der Waals surface area contributed by atoms with E-state index in [0.29, 0.717) is 20.4 Å². The molecular weight excluding hydrogens is 541 g/mol. The van der Waals surface area contributed by atoms with E-state index in [4.69, 9.17) is 27.9 Å². The number of aromatic nitrogens is 1. The van der Waals surface area contributed by atoms with E-state index in [0.717, 1.165) is 16.9 Å². The third-order valence-corrected chi connectivity index (χ3v) is 9.27. The molecule has 0 radical (unpaired) electrons. The first-order valence-electron chi connectivity index (χ1n) is 9.75. The summed E-state index contributed by atoms with van der Waals surface area (Å²) in [5.41, 5.74) is 0.144. The van der Waals surface area contributed by atoms with Crippen molar-refractivity contribution < 1.29 is 21.6 Å². The van der Waals surface area contributed by atoms with Gasteiger partial charge >= 0.3 is 0 Å². The van der Waals surface area contributed by atoms with Gasteiger partial charge < -0.3 is 4.74 Å². The molecule has 5 rings (SSSR count). The number of ether oxygens (including phenoxy) is 1. The summed E-state index contributed by atoms with van der Waals surface area (Å²) in [6.07, 6.45) is 0.157. The summed E-state index contributed by atoms with van der Waals surface area (Å²) in [5.74, 6) is 0.489. The zero-order valence-corrected chi connectivity index (χ0v) is 21.0. The molecule has 0 amide bonds. The average molecular weight is 556 g/mol. The van der Waals surface area contributed by atoms with Crippen LogP contribution in [0.4, 0.5) is 11.4 Å². The standard InChI is InChI=1S/C21H15Cl2N3O5S3/c22-13-5-7-15(25-33(27,28)14-6-8-16-19(11-14)32-21(23)24-16)17(10-13)26-34(29,30)20-9-12-3-1-2-4-18(12)31-20/h1-8,10-11,20,25-26H,9H2. The molecule has 0 fully saturated rings. The van der Waals surface area contributed by atoms with Crippen LogP contribution in [0.25, 0.3) is 10.2 Å². The smallest absolute Gasteiger partial charge is 0.271 e. The second-order valence-corrected chi connectivity index (χ2v) is 12.9. The third-order valence-electron chi connectivity index (χ3n) is 5.09. The van der Waals surface area contributed by atoms with Crippen LogP contribution in [0, 0.1) is 0 Å². The van der Waals surface area contributed by atoms with Crippen molar-refractivity contribution >= 4 is 76.2 Å². The number of fused-ring (bicyclic) bond motifs is 2. The molecule has 1 aromatic heterocycles. The van der Waals surface area contributed by atoms with Crippen molar-refractivity contribution in [2.75, 3.05) is 9.44 Å². The maximum Gasteiger partial charge on any atom is 0.271 e. The molecule has 4 aromatic rings. The van der Waals surface area contributed by atoms with Crippen LogP contribution in [-0.2, 0) is 26.5 Å². The van der Waals surface area contributed by atoms with Crippen LogP contribution in [0.5, 0.6) is 5.75 Å². The van der Waals surface area contributed by atoms with E-state index in [1.807, 2.05) is 0 Å². The Balaban J connectivity index is 1.43. The molecule has 176 valence electrons. The molecule has 1 atom stereocenters. The number of rotatable bonds is 6. The Morgan fingerprint density at radius 1 is 0.941 bits per heavy atom. The monoisotopic (exact) mass is 555 g/mol. The predicted octanol–water partition coefficient (Wildman–Crippen LogP) is 5.11. The fourth-order valence-corrected chi connectivity index (χ4v) is 7.14. The van der Waals surface area contributed by atoms with Gasteiger partial charge in [-0.3, -0.25) is 9.44 Å². The van der Waals surface area contributed by atoms with Gasteiger partial charge in [-0.2, -0.15) is 0 Å². The Kier molecular flexibility index (Phi) is 5.85. The van der Waals surface area contributed by atoms with E-state index >= 15 is 0 Å². The van der Waals surface area contributed by atoms with Crippen LogP contribution in [-0.4, -0.2) is 27.3 Å². The molecule has 8 nitrogen and oxygen atoms in total. The lowest BCUT2D eigenvalue weighted by Crippen LogP contribution is -2.31. The van der Waals surface area contributed by atoms with Crippen LogP contribution in [0.2, 0.25) is 9.49 Å². The number of para-hydroxylation sites is 1. The Morgan fingerprint density at radius 2 is 1.74 bits per heavy atom. The van der Waals surface area contributed by atoms with E-state index in [1.165, 1.54) is 30.3 Å². The molecule has 1 unspecified atom stereocenters. The van der Waals surface area contributed by atoms with Gasteiger partial charge in [0, 0.05) is 11.4 Å². The summed E-state index contributed by atoms with van der Waals surface area (Å²) in [7, 11) is -8.13. The van der Waals surface area contributed by atoms with Crippen molar-refractivity contribution in [2.24, 2.45) is 0 Å². The van der Waals surface area contributed by atoms with Crippen molar-refractivity contribution in [3.63, 3.8) is 0 Å². The Morgan fingerprint density at radius 3 is 2.53 bits per heavy atom. The number of benzene rings is 3. The van der Waals surface area contributed by atoms with Crippen LogP contribution >= 0.6 is 34.5 Å². The highest BCUT2D eigenvalue weighted by atomic mass is 35.5. The highest BCUT2D eigenvalue weighted by Gasteiger charge is 2.34. The fraction of sp³-hybridized carbons (Fsp3) is 0.0952. The maximum atomic E-state index is 13.1. The van der Waals surface area contributed by atoms with Gasteiger partial charge in [0.25, 0.3) is 20.0 Å². The lowest BCUT2D eigenvalue weighted by molar-refractivity contribution is 0.307. The lowest BCUT2D eigenvalue weighted by Gasteiger charge is -2.18. The zero-order chi connectivity index (χ0) is 24.1. The molecule has 0 bridgehead atoms. The van der Waals surface area contributed by atoms with Gasteiger partial charge in [0.2, 0.25) is 5.44 Å². The first-order chi connectivity index (χ1) is 16.1. The second-order valence-electron chi connectivity index (χ2n) is 7.40. The van der Waals surface area contributed by atoms with E-state index in [9.17, 15) is 16.8 Å². The molecule has 3 aromatic carbocycles. The molecule has 1 aliphatic heterocycles. The normalized spacial score (nSPS) is 15.6. The molecule has 0 saturated carbocycles. The second kappa shape index (κ2) is 8.58. The van der Waals surface area contributed by atoms with Crippen molar-refractivity contribution in [1.29, 1.82) is 0 Å². The molecular formula is C21H15Cl2N3O5S3. The van der Waals surface area contributed by atoms with Gasteiger partial charge in [-0.1, -0.05) is 41.4 Å². The summed E-state index contributed by atoms with van der Waals surface area (Å²) in [5, 5.41) is 0.219. The minimum Gasteiger partial charge on any atom is -0.472 e. The van der Waals surface area contributed by atoms with Gasteiger partial charge in [-0.15, -0.1) is 11.3 Å². The van der Waals surface area contributed by atoms with Gasteiger partial charge in [-0.25, -0.2) is 21.8 Å². The number of nitrogens with zero attached hydrogens (tertiary/aromatic N) is 1. The SMILES string of the molecule is O=S(=O)(Nc1ccc(Cl)cc1NS(=O)(=O)C1Cc2ccccc2O1)c1ccc2nc(Cl)sc2c1. The minimum absolute atomic E-state index is 0.00548. The Bertz CT molecular complexity index is 1610.